The molecule has 0 aliphatic heterocycles. The van der Waals surface area contributed by atoms with E-state index in [2.05, 4.69) is 11.2 Å². The van der Waals surface area contributed by atoms with E-state index in [1.165, 1.54) is 0 Å². The molecule has 0 saturated heterocycles. The molecule has 2 N–H and O–H groups in total. The Kier molecular flexibility index (Phi) is 9.25. The van der Waals surface area contributed by atoms with Gasteiger partial charge in [-0.3, -0.25) is 0 Å². The van der Waals surface area contributed by atoms with Gasteiger partial charge in [0, 0.05) is 13.7 Å². The average Bonchev–Trinajstić information content (AvgIpc) is 2.28. The molecule has 4 nitrogen and oxygen atoms in total. The maximum absolute atomic E-state index is 9.61. The van der Waals surface area contributed by atoms with E-state index < -0.39 is 6.10 Å². The van der Waals surface area contributed by atoms with Crippen LogP contribution in [0.15, 0.2) is 0 Å². The van der Waals surface area contributed by atoms with E-state index in [1.54, 1.807) is 7.11 Å². The molecule has 0 rings (SSSR count). The fraction of sp³-hybridized carbons (Fsp3) is 0.833. The molecule has 0 amide bonds. The predicted octanol–water partition coefficient (Wildman–Crippen LogP) is 0.400. The second-order valence-corrected chi connectivity index (χ2v) is 3.79. The minimum atomic E-state index is -0.540. The molecule has 0 aliphatic carbocycles. The summed E-state index contributed by atoms with van der Waals surface area (Å²) in [5.41, 5.74) is 0. The summed E-state index contributed by atoms with van der Waals surface area (Å²) < 4.78 is 10.3. The average molecular weight is 229 g/mol. The summed E-state index contributed by atoms with van der Waals surface area (Å²) in [5.74, 6) is 2.61. The Hall–Kier alpha value is -0.600. The minimum Gasteiger partial charge on any atom is -0.389 e. The van der Waals surface area contributed by atoms with Gasteiger partial charge in [0.25, 0.3) is 0 Å². The molecule has 0 radical (unpaired) electrons. The zero-order chi connectivity index (χ0) is 12.4. The van der Waals surface area contributed by atoms with Crippen molar-refractivity contribution in [2.75, 3.05) is 26.9 Å². The number of aliphatic hydroxyl groups excluding tert-OH is 1. The fourth-order valence-electron chi connectivity index (χ4n) is 1.22. The molecule has 0 bridgehead atoms. The van der Waals surface area contributed by atoms with Crippen molar-refractivity contribution in [2.45, 2.75) is 38.5 Å². The standard InChI is InChI=1S/C12H23NO3/c1-5-11(6-2)13-7-12(14)9-16-10(3)8-15-4/h1,10-14H,6-9H2,2-4H3. The molecule has 0 aromatic rings. The van der Waals surface area contributed by atoms with E-state index in [4.69, 9.17) is 15.9 Å². The highest BCUT2D eigenvalue weighted by Crippen LogP contribution is 1.95. The number of hydrogen-bond acceptors (Lipinski definition) is 4. The van der Waals surface area contributed by atoms with Gasteiger partial charge in [0.1, 0.15) is 0 Å². The fourth-order valence-corrected chi connectivity index (χ4v) is 1.22. The molecule has 3 atom stereocenters. The highest BCUT2D eigenvalue weighted by molar-refractivity contribution is 4.97. The number of nitrogens with one attached hydrogen (secondary N) is 1. The zero-order valence-corrected chi connectivity index (χ0v) is 10.4. The summed E-state index contributed by atoms with van der Waals surface area (Å²) in [6, 6.07) is 0.0195. The lowest BCUT2D eigenvalue weighted by molar-refractivity contribution is -0.0313. The van der Waals surface area contributed by atoms with Crippen LogP contribution in [-0.4, -0.2) is 50.2 Å². The van der Waals surface area contributed by atoms with Gasteiger partial charge in [0.2, 0.25) is 0 Å². The number of aliphatic hydroxyl groups is 1. The Morgan fingerprint density at radius 2 is 2.12 bits per heavy atom. The number of ether oxygens (including phenoxy) is 2. The maximum atomic E-state index is 9.61. The van der Waals surface area contributed by atoms with Gasteiger partial charge in [-0.2, -0.15) is 0 Å². The van der Waals surface area contributed by atoms with Crippen LogP contribution in [0.1, 0.15) is 20.3 Å². The number of terminal acetylenes is 1. The van der Waals surface area contributed by atoms with Crippen LogP contribution < -0.4 is 5.32 Å². The molecular weight excluding hydrogens is 206 g/mol. The van der Waals surface area contributed by atoms with Gasteiger partial charge in [-0.05, 0) is 13.3 Å². The van der Waals surface area contributed by atoms with Gasteiger partial charge in [-0.15, -0.1) is 6.42 Å². The summed E-state index contributed by atoms with van der Waals surface area (Å²) in [6.07, 6.45) is 5.60. The van der Waals surface area contributed by atoms with Crippen molar-refractivity contribution >= 4 is 0 Å². The predicted molar refractivity (Wildman–Crippen MR) is 64.2 cm³/mol. The van der Waals surface area contributed by atoms with E-state index in [0.29, 0.717) is 19.8 Å². The summed E-state index contributed by atoms with van der Waals surface area (Å²) in [6.45, 7) is 5.17. The van der Waals surface area contributed by atoms with Crippen molar-refractivity contribution < 1.29 is 14.6 Å². The molecule has 0 aromatic carbocycles. The highest BCUT2D eigenvalue weighted by Gasteiger charge is 2.09. The van der Waals surface area contributed by atoms with E-state index in [-0.39, 0.29) is 12.1 Å². The second kappa shape index (κ2) is 9.61. The van der Waals surface area contributed by atoms with Gasteiger partial charge in [-0.25, -0.2) is 0 Å². The zero-order valence-electron chi connectivity index (χ0n) is 10.4. The monoisotopic (exact) mass is 229 g/mol. The topological polar surface area (TPSA) is 50.7 Å². The molecule has 16 heavy (non-hydrogen) atoms. The quantitative estimate of drug-likeness (QED) is 0.562. The van der Waals surface area contributed by atoms with Crippen LogP contribution in [0.2, 0.25) is 0 Å². The molecule has 0 fully saturated rings. The first-order valence-corrected chi connectivity index (χ1v) is 5.62. The number of methoxy groups -OCH3 is 1. The van der Waals surface area contributed by atoms with Crippen LogP contribution in [-0.2, 0) is 9.47 Å². The van der Waals surface area contributed by atoms with Gasteiger partial charge in [-0.1, -0.05) is 12.8 Å². The van der Waals surface area contributed by atoms with Crippen LogP contribution in [0.4, 0.5) is 0 Å². The first kappa shape index (κ1) is 15.4. The number of hydrogen-bond donors (Lipinski definition) is 2. The summed E-state index contributed by atoms with van der Waals surface area (Å²) in [5, 5.41) is 12.7. The van der Waals surface area contributed by atoms with E-state index in [1.807, 2.05) is 13.8 Å². The third-order valence-electron chi connectivity index (χ3n) is 2.18. The first-order chi connectivity index (χ1) is 7.63. The van der Waals surface area contributed by atoms with Crippen molar-refractivity contribution in [3.63, 3.8) is 0 Å². The van der Waals surface area contributed by atoms with Gasteiger partial charge < -0.3 is 19.9 Å². The van der Waals surface area contributed by atoms with Crippen molar-refractivity contribution in [3.8, 4) is 12.3 Å². The summed E-state index contributed by atoms with van der Waals surface area (Å²) >= 11 is 0. The SMILES string of the molecule is C#CC(CC)NCC(O)COC(C)COC. The van der Waals surface area contributed by atoms with Crippen molar-refractivity contribution in [2.24, 2.45) is 0 Å². The van der Waals surface area contributed by atoms with Crippen LogP contribution >= 0.6 is 0 Å². The van der Waals surface area contributed by atoms with E-state index in [9.17, 15) is 5.11 Å². The summed E-state index contributed by atoms with van der Waals surface area (Å²) in [4.78, 5) is 0. The van der Waals surface area contributed by atoms with Crippen molar-refractivity contribution in [1.29, 1.82) is 0 Å². The highest BCUT2D eigenvalue weighted by atomic mass is 16.5. The normalized spacial score (nSPS) is 16.4. The largest absolute Gasteiger partial charge is 0.389 e. The molecule has 0 aromatic heterocycles. The maximum Gasteiger partial charge on any atom is 0.0898 e. The lowest BCUT2D eigenvalue weighted by Crippen LogP contribution is -2.37. The van der Waals surface area contributed by atoms with Crippen LogP contribution in [0, 0.1) is 12.3 Å². The Bertz CT molecular complexity index is 203. The third-order valence-corrected chi connectivity index (χ3v) is 2.18. The molecule has 0 spiro atoms. The first-order valence-electron chi connectivity index (χ1n) is 5.62. The Morgan fingerprint density at radius 3 is 2.62 bits per heavy atom. The smallest absolute Gasteiger partial charge is 0.0898 e. The minimum absolute atomic E-state index is 0.00532. The molecule has 3 unspecified atom stereocenters. The van der Waals surface area contributed by atoms with Crippen LogP contribution in [0.3, 0.4) is 0 Å². The van der Waals surface area contributed by atoms with Crippen molar-refractivity contribution in [3.05, 3.63) is 0 Å². The Morgan fingerprint density at radius 1 is 1.44 bits per heavy atom. The molecular formula is C12H23NO3. The van der Waals surface area contributed by atoms with Gasteiger partial charge in [0.15, 0.2) is 0 Å². The summed E-state index contributed by atoms with van der Waals surface area (Å²) in [7, 11) is 1.62. The van der Waals surface area contributed by atoms with E-state index in [0.717, 1.165) is 6.42 Å². The lowest BCUT2D eigenvalue weighted by Gasteiger charge is -2.18. The van der Waals surface area contributed by atoms with Crippen molar-refractivity contribution in [1.82, 2.24) is 5.32 Å². The second-order valence-electron chi connectivity index (χ2n) is 3.79. The molecule has 94 valence electrons. The molecule has 0 saturated carbocycles. The van der Waals surface area contributed by atoms with Crippen LogP contribution in [0.5, 0.6) is 0 Å². The Labute approximate surface area is 98.3 Å². The molecule has 0 heterocycles. The van der Waals surface area contributed by atoms with E-state index >= 15 is 0 Å². The number of rotatable bonds is 9. The van der Waals surface area contributed by atoms with Gasteiger partial charge >= 0.3 is 0 Å². The molecule has 0 aliphatic rings. The Balaban J connectivity index is 3.58. The lowest BCUT2D eigenvalue weighted by atomic mass is 10.2. The van der Waals surface area contributed by atoms with Crippen LogP contribution in [0.25, 0.3) is 0 Å². The third kappa shape index (κ3) is 7.66. The van der Waals surface area contributed by atoms with Gasteiger partial charge in [0.05, 0.1) is 31.5 Å². The molecule has 4 heteroatoms.